The second-order valence-electron chi connectivity index (χ2n) is 3.95. The van der Waals surface area contributed by atoms with E-state index in [0.717, 1.165) is 0 Å². The van der Waals surface area contributed by atoms with Gasteiger partial charge in [0.1, 0.15) is 0 Å². The van der Waals surface area contributed by atoms with Gasteiger partial charge in [0, 0.05) is 18.4 Å². The van der Waals surface area contributed by atoms with Gasteiger partial charge in [-0.3, -0.25) is 4.98 Å². The molecular formula is C11H16N2S. The van der Waals surface area contributed by atoms with Gasteiger partial charge in [0.25, 0.3) is 0 Å². The molecule has 0 bridgehead atoms. The van der Waals surface area contributed by atoms with Crippen LogP contribution in [0.3, 0.4) is 0 Å². The Balaban J connectivity index is 2.13. The minimum absolute atomic E-state index is 0.178. The summed E-state index contributed by atoms with van der Waals surface area (Å²) >= 11 is 2.01. The first kappa shape index (κ1) is 9.99. The van der Waals surface area contributed by atoms with E-state index in [-0.39, 0.29) is 6.04 Å². The number of thioether (sulfide) groups is 1. The van der Waals surface area contributed by atoms with E-state index in [1.165, 1.54) is 29.1 Å². The van der Waals surface area contributed by atoms with Crippen molar-refractivity contribution in [2.45, 2.75) is 19.4 Å². The first-order valence-corrected chi connectivity index (χ1v) is 6.17. The van der Waals surface area contributed by atoms with Gasteiger partial charge >= 0.3 is 0 Å². The number of nitrogens with zero attached hydrogens (tertiary/aromatic N) is 1. The summed E-state index contributed by atoms with van der Waals surface area (Å²) in [6, 6.07) is 2.33. The predicted octanol–water partition coefficient (Wildman–Crippen LogP) is 2.14. The summed E-state index contributed by atoms with van der Waals surface area (Å²) in [5.41, 5.74) is 8.61. The molecule has 0 aliphatic carbocycles. The zero-order valence-corrected chi connectivity index (χ0v) is 9.26. The standard InChI is InChI=1S/C11H16N2S/c1-8-4-10(6-13-5-8)11(12)9-2-3-14-7-9/h4-6,9,11H,2-3,7,12H2,1H3. The molecule has 0 saturated carbocycles. The minimum atomic E-state index is 0.178. The van der Waals surface area contributed by atoms with Crippen LogP contribution in [0.1, 0.15) is 23.6 Å². The fourth-order valence-corrected chi connectivity index (χ4v) is 3.18. The van der Waals surface area contributed by atoms with Crippen LogP contribution in [0.25, 0.3) is 0 Å². The van der Waals surface area contributed by atoms with Gasteiger partial charge in [-0.2, -0.15) is 11.8 Å². The molecule has 1 aromatic heterocycles. The molecule has 2 atom stereocenters. The third kappa shape index (κ3) is 2.10. The van der Waals surface area contributed by atoms with Crippen LogP contribution in [0, 0.1) is 12.8 Å². The Bertz CT molecular complexity index is 308. The van der Waals surface area contributed by atoms with E-state index in [2.05, 4.69) is 18.0 Å². The lowest BCUT2D eigenvalue weighted by atomic mass is 9.94. The third-order valence-corrected chi connectivity index (χ3v) is 3.94. The second-order valence-corrected chi connectivity index (χ2v) is 5.09. The number of nitrogens with two attached hydrogens (primary N) is 1. The first-order chi connectivity index (χ1) is 6.77. The van der Waals surface area contributed by atoms with Gasteiger partial charge in [0.2, 0.25) is 0 Å². The highest BCUT2D eigenvalue weighted by atomic mass is 32.2. The van der Waals surface area contributed by atoms with Crippen molar-refractivity contribution in [3.8, 4) is 0 Å². The van der Waals surface area contributed by atoms with Crippen molar-refractivity contribution in [2.24, 2.45) is 11.7 Å². The maximum absolute atomic E-state index is 6.22. The summed E-state index contributed by atoms with van der Waals surface area (Å²) in [7, 11) is 0. The topological polar surface area (TPSA) is 38.9 Å². The molecule has 0 radical (unpaired) electrons. The third-order valence-electron chi connectivity index (χ3n) is 2.75. The van der Waals surface area contributed by atoms with Crippen molar-refractivity contribution >= 4 is 11.8 Å². The molecular weight excluding hydrogens is 192 g/mol. The Labute approximate surface area is 89.3 Å². The zero-order chi connectivity index (χ0) is 9.97. The molecule has 76 valence electrons. The molecule has 1 fully saturated rings. The summed E-state index contributed by atoms with van der Waals surface area (Å²) in [6.45, 7) is 2.06. The summed E-state index contributed by atoms with van der Waals surface area (Å²) < 4.78 is 0. The van der Waals surface area contributed by atoms with Crippen molar-refractivity contribution in [3.63, 3.8) is 0 Å². The fraction of sp³-hybridized carbons (Fsp3) is 0.545. The summed E-state index contributed by atoms with van der Waals surface area (Å²) in [6.07, 6.45) is 5.03. The fourth-order valence-electron chi connectivity index (χ4n) is 1.87. The van der Waals surface area contributed by atoms with Crippen molar-refractivity contribution in [1.29, 1.82) is 0 Å². The van der Waals surface area contributed by atoms with E-state index < -0.39 is 0 Å². The predicted molar refractivity (Wildman–Crippen MR) is 61.3 cm³/mol. The number of aryl methyl sites for hydroxylation is 1. The van der Waals surface area contributed by atoms with Crippen molar-refractivity contribution in [2.75, 3.05) is 11.5 Å². The number of pyridine rings is 1. The Morgan fingerprint density at radius 2 is 2.43 bits per heavy atom. The molecule has 0 amide bonds. The molecule has 2 nitrogen and oxygen atoms in total. The van der Waals surface area contributed by atoms with E-state index in [1.807, 2.05) is 24.2 Å². The van der Waals surface area contributed by atoms with Gasteiger partial charge in [-0.1, -0.05) is 6.07 Å². The van der Waals surface area contributed by atoms with Crippen LogP contribution >= 0.6 is 11.8 Å². The average Bonchev–Trinajstić information content (AvgIpc) is 2.69. The lowest BCUT2D eigenvalue weighted by Crippen LogP contribution is -2.21. The monoisotopic (exact) mass is 208 g/mol. The van der Waals surface area contributed by atoms with E-state index in [0.29, 0.717) is 5.92 Å². The van der Waals surface area contributed by atoms with Crippen LogP contribution in [0.15, 0.2) is 18.5 Å². The summed E-state index contributed by atoms with van der Waals surface area (Å²) in [5.74, 6) is 3.11. The molecule has 3 heteroatoms. The molecule has 1 saturated heterocycles. The van der Waals surface area contributed by atoms with Gasteiger partial charge in [-0.05, 0) is 41.9 Å². The smallest absolute Gasteiger partial charge is 0.0347 e. The van der Waals surface area contributed by atoms with Crippen LogP contribution in [0.5, 0.6) is 0 Å². The van der Waals surface area contributed by atoms with Gasteiger partial charge in [-0.15, -0.1) is 0 Å². The quantitative estimate of drug-likeness (QED) is 0.809. The van der Waals surface area contributed by atoms with Crippen LogP contribution < -0.4 is 5.73 Å². The highest BCUT2D eigenvalue weighted by Crippen LogP contribution is 2.32. The summed E-state index contributed by atoms with van der Waals surface area (Å²) in [5, 5.41) is 0. The first-order valence-electron chi connectivity index (χ1n) is 5.02. The number of rotatable bonds is 2. The average molecular weight is 208 g/mol. The lowest BCUT2D eigenvalue weighted by molar-refractivity contribution is 0.481. The highest BCUT2D eigenvalue weighted by molar-refractivity contribution is 7.99. The van der Waals surface area contributed by atoms with E-state index in [1.54, 1.807) is 0 Å². The van der Waals surface area contributed by atoms with E-state index >= 15 is 0 Å². The number of hydrogen-bond donors (Lipinski definition) is 1. The minimum Gasteiger partial charge on any atom is -0.324 e. The molecule has 0 spiro atoms. The van der Waals surface area contributed by atoms with Crippen LogP contribution in [-0.2, 0) is 0 Å². The molecule has 1 aliphatic heterocycles. The SMILES string of the molecule is Cc1cncc(C(N)C2CCSC2)c1. The van der Waals surface area contributed by atoms with Crippen LogP contribution in [0.4, 0.5) is 0 Å². The maximum atomic E-state index is 6.22. The van der Waals surface area contributed by atoms with Crippen LogP contribution in [-0.4, -0.2) is 16.5 Å². The lowest BCUT2D eigenvalue weighted by Gasteiger charge is -2.18. The molecule has 2 unspecified atom stereocenters. The highest BCUT2D eigenvalue weighted by Gasteiger charge is 2.23. The Morgan fingerprint density at radius 3 is 3.07 bits per heavy atom. The second kappa shape index (κ2) is 4.32. The van der Waals surface area contributed by atoms with Gasteiger partial charge < -0.3 is 5.73 Å². The van der Waals surface area contributed by atoms with E-state index in [9.17, 15) is 0 Å². The van der Waals surface area contributed by atoms with Gasteiger partial charge in [0.05, 0.1) is 0 Å². The Kier molecular flexibility index (Phi) is 3.08. The molecule has 2 heterocycles. The van der Waals surface area contributed by atoms with Gasteiger partial charge in [-0.25, -0.2) is 0 Å². The zero-order valence-electron chi connectivity index (χ0n) is 8.44. The normalized spacial score (nSPS) is 23.7. The van der Waals surface area contributed by atoms with Gasteiger partial charge in [0.15, 0.2) is 0 Å². The molecule has 1 aromatic rings. The molecule has 2 N–H and O–H groups in total. The van der Waals surface area contributed by atoms with Crippen molar-refractivity contribution < 1.29 is 0 Å². The molecule has 2 rings (SSSR count). The van der Waals surface area contributed by atoms with Crippen molar-refractivity contribution in [3.05, 3.63) is 29.6 Å². The number of hydrogen-bond acceptors (Lipinski definition) is 3. The maximum Gasteiger partial charge on any atom is 0.0347 e. The molecule has 14 heavy (non-hydrogen) atoms. The Morgan fingerprint density at radius 1 is 1.57 bits per heavy atom. The van der Waals surface area contributed by atoms with E-state index in [4.69, 9.17) is 5.73 Å². The largest absolute Gasteiger partial charge is 0.324 e. The molecule has 0 aromatic carbocycles. The Hall–Kier alpha value is -0.540. The summed E-state index contributed by atoms with van der Waals surface area (Å²) in [4.78, 5) is 4.19. The van der Waals surface area contributed by atoms with Crippen LogP contribution in [0.2, 0.25) is 0 Å². The molecule has 1 aliphatic rings. The van der Waals surface area contributed by atoms with Crippen molar-refractivity contribution in [1.82, 2.24) is 4.98 Å². The number of aromatic nitrogens is 1.